The second-order valence-corrected chi connectivity index (χ2v) is 5.33. The van der Waals surface area contributed by atoms with E-state index in [0.29, 0.717) is 6.04 Å². The molecule has 0 aromatic heterocycles. The number of hydrogen-bond donors (Lipinski definition) is 1. The van der Waals surface area contributed by atoms with Crippen molar-refractivity contribution >= 4 is 0 Å². The lowest BCUT2D eigenvalue weighted by Crippen LogP contribution is -2.45. The molecule has 0 bridgehead atoms. The van der Waals surface area contributed by atoms with E-state index < -0.39 is 0 Å². The molecule has 1 aromatic carbocycles. The van der Waals surface area contributed by atoms with Gasteiger partial charge >= 0.3 is 0 Å². The monoisotopic (exact) mass is 248 g/mol. The molecule has 0 spiro atoms. The standard InChI is InChI=1S/C15H24N2O/c1-11(16)15(17(2)13-7-5-8-13)12-6-4-9-14(10-12)18-3/h4,6,9-11,13,15H,5,7-8,16H2,1-3H3. The SMILES string of the molecule is COc1cccc(C(C(C)N)N(C)C2CCC2)c1. The fraction of sp³-hybridized carbons (Fsp3) is 0.600. The Morgan fingerprint density at radius 2 is 2.11 bits per heavy atom. The van der Waals surface area contributed by atoms with E-state index in [1.807, 2.05) is 12.1 Å². The van der Waals surface area contributed by atoms with Gasteiger partial charge in [-0.25, -0.2) is 0 Å². The van der Waals surface area contributed by atoms with Gasteiger partial charge in [0.05, 0.1) is 7.11 Å². The summed E-state index contributed by atoms with van der Waals surface area (Å²) in [6, 6.07) is 9.33. The predicted molar refractivity (Wildman–Crippen MR) is 74.8 cm³/mol. The van der Waals surface area contributed by atoms with E-state index in [4.69, 9.17) is 10.5 Å². The second-order valence-electron chi connectivity index (χ2n) is 5.33. The van der Waals surface area contributed by atoms with Gasteiger partial charge in [0.25, 0.3) is 0 Å². The molecule has 2 atom stereocenters. The van der Waals surface area contributed by atoms with Crippen molar-refractivity contribution in [2.24, 2.45) is 5.73 Å². The maximum atomic E-state index is 6.20. The zero-order valence-corrected chi connectivity index (χ0v) is 11.6. The first-order valence-electron chi connectivity index (χ1n) is 6.75. The Morgan fingerprint density at radius 3 is 2.61 bits per heavy atom. The van der Waals surface area contributed by atoms with E-state index in [9.17, 15) is 0 Å². The second kappa shape index (κ2) is 5.72. The molecular formula is C15H24N2O. The summed E-state index contributed by atoms with van der Waals surface area (Å²) >= 11 is 0. The number of methoxy groups -OCH3 is 1. The van der Waals surface area contributed by atoms with E-state index in [-0.39, 0.29) is 12.1 Å². The third-order valence-electron chi connectivity index (χ3n) is 4.02. The Bertz CT molecular complexity index is 388. The van der Waals surface area contributed by atoms with Gasteiger partial charge in [0, 0.05) is 18.1 Å². The van der Waals surface area contributed by atoms with Crippen LogP contribution in [0.3, 0.4) is 0 Å². The fourth-order valence-corrected chi connectivity index (χ4v) is 2.76. The number of nitrogens with zero attached hydrogens (tertiary/aromatic N) is 1. The molecule has 0 aliphatic heterocycles. The van der Waals surface area contributed by atoms with Crippen LogP contribution in [0.4, 0.5) is 0 Å². The molecule has 2 N–H and O–H groups in total. The van der Waals surface area contributed by atoms with Gasteiger partial charge in [-0.3, -0.25) is 4.90 Å². The Balaban J connectivity index is 2.22. The Labute approximate surface area is 110 Å². The Hall–Kier alpha value is -1.06. The lowest BCUT2D eigenvalue weighted by molar-refractivity contribution is 0.0978. The first-order chi connectivity index (χ1) is 8.63. The normalized spacial score (nSPS) is 19.4. The lowest BCUT2D eigenvalue weighted by Gasteiger charge is -2.41. The van der Waals surface area contributed by atoms with Gasteiger partial charge in [0.1, 0.15) is 5.75 Å². The highest BCUT2D eigenvalue weighted by Crippen LogP contribution is 2.33. The number of benzene rings is 1. The smallest absolute Gasteiger partial charge is 0.119 e. The van der Waals surface area contributed by atoms with Crippen molar-refractivity contribution in [3.63, 3.8) is 0 Å². The largest absolute Gasteiger partial charge is 0.497 e. The van der Waals surface area contributed by atoms with E-state index in [1.54, 1.807) is 7.11 Å². The first-order valence-corrected chi connectivity index (χ1v) is 6.75. The van der Waals surface area contributed by atoms with Crippen LogP contribution in [0.5, 0.6) is 5.75 Å². The molecule has 1 saturated carbocycles. The summed E-state index contributed by atoms with van der Waals surface area (Å²) in [6.07, 6.45) is 3.94. The van der Waals surface area contributed by atoms with Crippen LogP contribution in [-0.2, 0) is 0 Å². The molecule has 100 valence electrons. The number of rotatable bonds is 5. The van der Waals surface area contributed by atoms with Crippen LogP contribution in [0.2, 0.25) is 0 Å². The molecule has 3 nitrogen and oxygen atoms in total. The van der Waals surface area contributed by atoms with Gasteiger partial charge in [-0.1, -0.05) is 18.6 Å². The zero-order valence-electron chi connectivity index (χ0n) is 11.6. The molecular weight excluding hydrogens is 224 g/mol. The van der Waals surface area contributed by atoms with Gasteiger partial charge in [-0.2, -0.15) is 0 Å². The zero-order chi connectivity index (χ0) is 13.1. The van der Waals surface area contributed by atoms with Gasteiger partial charge in [-0.05, 0) is 44.5 Å². The molecule has 0 amide bonds. The summed E-state index contributed by atoms with van der Waals surface area (Å²) in [5.41, 5.74) is 7.44. The average Bonchev–Trinajstić information content (AvgIpc) is 2.26. The highest BCUT2D eigenvalue weighted by atomic mass is 16.5. The Kier molecular flexibility index (Phi) is 4.25. The maximum absolute atomic E-state index is 6.20. The molecule has 1 aromatic rings. The average molecular weight is 248 g/mol. The molecule has 18 heavy (non-hydrogen) atoms. The van der Waals surface area contributed by atoms with Gasteiger partial charge in [0.2, 0.25) is 0 Å². The third kappa shape index (κ3) is 2.68. The highest BCUT2D eigenvalue weighted by Gasteiger charge is 2.30. The minimum Gasteiger partial charge on any atom is -0.497 e. The number of hydrogen-bond acceptors (Lipinski definition) is 3. The van der Waals surface area contributed by atoms with Crippen LogP contribution >= 0.6 is 0 Å². The van der Waals surface area contributed by atoms with Crippen molar-refractivity contribution in [3.05, 3.63) is 29.8 Å². The van der Waals surface area contributed by atoms with Crippen molar-refractivity contribution in [3.8, 4) is 5.75 Å². The van der Waals surface area contributed by atoms with E-state index in [0.717, 1.165) is 5.75 Å². The van der Waals surface area contributed by atoms with Crippen LogP contribution in [0.25, 0.3) is 0 Å². The van der Waals surface area contributed by atoms with Crippen molar-refractivity contribution in [1.29, 1.82) is 0 Å². The maximum Gasteiger partial charge on any atom is 0.119 e. The molecule has 1 aliphatic rings. The van der Waals surface area contributed by atoms with E-state index in [1.165, 1.54) is 24.8 Å². The van der Waals surface area contributed by atoms with Gasteiger partial charge in [-0.15, -0.1) is 0 Å². The number of ether oxygens (including phenoxy) is 1. The fourth-order valence-electron chi connectivity index (χ4n) is 2.76. The van der Waals surface area contributed by atoms with Crippen LogP contribution in [0.1, 0.15) is 37.8 Å². The molecule has 0 saturated heterocycles. The number of nitrogens with two attached hydrogens (primary N) is 1. The van der Waals surface area contributed by atoms with Gasteiger partial charge < -0.3 is 10.5 Å². The molecule has 1 fully saturated rings. The van der Waals surface area contributed by atoms with Crippen molar-refractivity contribution in [2.75, 3.05) is 14.2 Å². The topological polar surface area (TPSA) is 38.5 Å². The van der Waals surface area contributed by atoms with Crippen molar-refractivity contribution in [1.82, 2.24) is 4.90 Å². The van der Waals surface area contributed by atoms with Gasteiger partial charge in [0.15, 0.2) is 0 Å². The lowest BCUT2D eigenvalue weighted by atomic mass is 9.88. The molecule has 3 heteroatoms. The summed E-state index contributed by atoms with van der Waals surface area (Å²) in [4.78, 5) is 2.43. The molecule has 0 radical (unpaired) electrons. The molecule has 2 unspecified atom stereocenters. The predicted octanol–water partition coefficient (Wildman–Crippen LogP) is 2.57. The molecule has 2 rings (SSSR count). The van der Waals surface area contributed by atoms with Crippen LogP contribution < -0.4 is 10.5 Å². The number of likely N-dealkylation sites (N-methyl/N-ethyl adjacent to an activating group) is 1. The molecule has 1 aliphatic carbocycles. The summed E-state index contributed by atoms with van der Waals surface area (Å²) in [7, 11) is 3.90. The Morgan fingerprint density at radius 1 is 1.39 bits per heavy atom. The van der Waals surface area contributed by atoms with E-state index in [2.05, 4.69) is 31.0 Å². The minimum absolute atomic E-state index is 0.114. The summed E-state index contributed by atoms with van der Waals surface area (Å²) < 4.78 is 5.31. The molecule has 0 heterocycles. The van der Waals surface area contributed by atoms with Crippen molar-refractivity contribution < 1.29 is 4.74 Å². The summed E-state index contributed by atoms with van der Waals surface area (Å²) in [5, 5.41) is 0. The summed E-state index contributed by atoms with van der Waals surface area (Å²) in [6.45, 7) is 2.08. The van der Waals surface area contributed by atoms with Crippen LogP contribution in [0, 0.1) is 0 Å². The quantitative estimate of drug-likeness (QED) is 0.870. The van der Waals surface area contributed by atoms with Crippen LogP contribution in [-0.4, -0.2) is 31.1 Å². The third-order valence-corrected chi connectivity index (χ3v) is 4.02. The van der Waals surface area contributed by atoms with Crippen molar-refractivity contribution in [2.45, 2.75) is 44.3 Å². The first kappa shape index (κ1) is 13.4. The summed E-state index contributed by atoms with van der Waals surface area (Å²) in [5.74, 6) is 0.903. The van der Waals surface area contributed by atoms with Crippen LogP contribution in [0.15, 0.2) is 24.3 Å². The van der Waals surface area contributed by atoms with E-state index >= 15 is 0 Å². The minimum atomic E-state index is 0.114. The highest BCUT2D eigenvalue weighted by molar-refractivity contribution is 5.31.